The molecule has 21 heavy (non-hydrogen) atoms. The Bertz CT molecular complexity index is 497. The van der Waals surface area contributed by atoms with E-state index in [0.29, 0.717) is 0 Å². The molecule has 0 aliphatic heterocycles. The standard InChI is InChI=1S/C19H25NO/c1-2-3-14-18(16-10-6-4-7-11-16)20-19(15-21)17-12-8-5-9-13-17/h4-13,18-21H,2-3,14-15H2,1H3/t18?,19-/m1/s1. The lowest BCUT2D eigenvalue weighted by atomic mass is 9.98. The number of unbranched alkanes of at least 4 members (excludes halogenated alkanes) is 1. The molecule has 0 amide bonds. The lowest BCUT2D eigenvalue weighted by Gasteiger charge is -2.25. The Morgan fingerprint density at radius 3 is 1.86 bits per heavy atom. The molecule has 0 saturated heterocycles. The first-order valence-electron chi connectivity index (χ1n) is 7.82. The van der Waals surface area contributed by atoms with Crippen molar-refractivity contribution in [3.8, 4) is 0 Å². The van der Waals surface area contributed by atoms with Gasteiger partial charge in [-0.05, 0) is 17.5 Å². The second-order valence-electron chi connectivity index (χ2n) is 5.42. The van der Waals surface area contributed by atoms with Crippen LogP contribution in [0.1, 0.15) is 49.4 Å². The maximum Gasteiger partial charge on any atom is 0.0626 e. The van der Waals surface area contributed by atoms with Crippen LogP contribution in [0.25, 0.3) is 0 Å². The quantitative estimate of drug-likeness (QED) is 0.759. The molecule has 2 nitrogen and oxygen atoms in total. The van der Waals surface area contributed by atoms with Crippen molar-refractivity contribution in [1.29, 1.82) is 0 Å². The molecule has 2 N–H and O–H groups in total. The highest BCUT2D eigenvalue weighted by molar-refractivity contribution is 5.22. The van der Waals surface area contributed by atoms with Gasteiger partial charge in [0, 0.05) is 6.04 Å². The van der Waals surface area contributed by atoms with Crippen molar-refractivity contribution in [2.24, 2.45) is 0 Å². The molecule has 0 aliphatic rings. The summed E-state index contributed by atoms with van der Waals surface area (Å²) < 4.78 is 0. The third kappa shape index (κ3) is 4.69. The van der Waals surface area contributed by atoms with Gasteiger partial charge in [0.15, 0.2) is 0 Å². The van der Waals surface area contributed by atoms with Crippen LogP contribution in [0.15, 0.2) is 60.7 Å². The van der Waals surface area contributed by atoms with Gasteiger partial charge in [0.1, 0.15) is 0 Å². The number of nitrogens with one attached hydrogen (secondary N) is 1. The van der Waals surface area contributed by atoms with E-state index in [1.165, 1.54) is 18.4 Å². The van der Waals surface area contributed by atoms with Gasteiger partial charge in [-0.3, -0.25) is 0 Å². The van der Waals surface area contributed by atoms with Crippen LogP contribution in [0.5, 0.6) is 0 Å². The van der Waals surface area contributed by atoms with Crippen LogP contribution in [-0.4, -0.2) is 11.7 Å². The van der Waals surface area contributed by atoms with E-state index < -0.39 is 0 Å². The molecule has 112 valence electrons. The predicted molar refractivity (Wildman–Crippen MR) is 88.1 cm³/mol. The minimum absolute atomic E-state index is 0.0201. The molecule has 2 rings (SSSR count). The molecular weight excluding hydrogens is 258 g/mol. The Balaban J connectivity index is 2.13. The minimum atomic E-state index is -0.0201. The molecule has 0 spiro atoms. The monoisotopic (exact) mass is 283 g/mol. The van der Waals surface area contributed by atoms with E-state index in [0.717, 1.165) is 12.0 Å². The van der Waals surface area contributed by atoms with Crippen molar-refractivity contribution < 1.29 is 5.11 Å². The molecule has 0 bridgehead atoms. The van der Waals surface area contributed by atoms with Crippen molar-refractivity contribution in [2.75, 3.05) is 6.61 Å². The van der Waals surface area contributed by atoms with E-state index >= 15 is 0 Å². The van der Waals surface area contributed by atoms with Gasteiger partial charge in [-0.1, -0.05) is 80.4 Å². The Hall–Kier alpha value is -1.64. The summed E-state index contributed by atoms with van der Waals surface area (Å²) in [5.74, 6) is 0. The second kappa shape index (κ2) is 8.60. The summed E-state index contributed by atoms with van der Waals surface area (Å²) in [6.45, 7) is 2.32. The average Bonchev–Trinajstić information content (AvgIpc) is 2.57. The maximum absolute atomic E-state index is 9.74. The van der Waals surface area contributed by atoms with Crippen LogP contribution in [0.3, 0.4) is 0 Å². The second-order valence-corrected chi connectivity index (χ2v) is 5.42. The number of hydrogen-bond acceptors (Lipinski definition) is 2. The fraction of sp³-hybridized carbons (Fsp3) is 0.368. The van der Waals surface area contributed by atoms with E-state index in [-0.39, 0.29) is 18.7 Å². The molecule has 0 fully saturated rings. The largest absolute Gasteiger partial charge is 0.394 e. The number of aliphatic hydroxyl groups is 1. The molecular formula is C19H25NO. The Kier molecular flexibility index (Phi) is 6.45. The van der Waals surface area contributed by atoms with E-state index in [4.69, 9.17) is 0 Å². The maximum atomic E-state index is 9.74. The van der Waals surface area contributed by atoms with Crippen molar-refractivity contribution in [2.45, 2.75) is 38.3 Å². The molecule has 2 atom stereocenters. The third-order valence-corrected chi connectivity index (χ3v) is 3.84. The number of aliphatic hydroxyl groups excluding tert-OH is 1. The first kappa shape index (κ1) is 15.7. The lowest BCUT2D eigenvalue weighted by Crippen LogP contribution is -2.29. The van der Waals surface area contributed by atoms with Gasteiger partial charge in [0.2, 0.25) is 0 Å². The van der Waals surface area contributed by atoms with Crippen LogP contribution in [0, 0.1) is 0 Å². The number of benzene rings is 2. The highest BCUT2D eigenvalue weighted by Crippen LogP contribution is 2.24. The molecule has 0 heterocycles. The molecule has 2 aromatic rings. The topological polar surface area (TPSA) is 32.3 Å². The summed E-state index contributed by atoms with van der Waals surface area (Å²) in [7, 11) is 0. The summed E-state index contributed by atoms with van der Waals surface area (Å²) in [5, 5.41) is 13.4. The molecule has 0 saturated carbocycles. The normalized spacial score (nSPS) is 13.8. The van der Waals surface area contributed by atoms with Gasteiger partial charge in [-0.25, -0.2) is 0 Å². The van der Waals surface area contributed by atoms with E-state index in [1.807, 2.05) is 24.3 Å². The van der Waals surface area contributed by atoms with Gasteiger partial charge in [0.05, 0.1) is 12.6 Å². The zero-order valence-electron chi connectivity index (χ0n) is 12.7. The zero-order valence-corrected chi connectivity index (χ0v) is 12.7. The summed E-state index contributed by atoms with van der Waals surface area (Å²) >= 11 is 0. The predicted octanol–water partition coefficient (Wildman–Crippen LogP) is 4.24. The van der Waals surface area contributed by atoms with Crippen molar-refractivity contribution >= 4 is 0 Å². The molecule has 0 radical (unpaired) electrons. The summed E-state index contributed by atoms with van der Waals surface area (Å²) in [6, 6.07) is 20.9. The van der Waals surface area contributed by atoms with Crippen LogP contribution in [-0.2, 0) is 0 Å². The number of rotatable bonds is 8. The van der Waals surface area contributed by atoms with E-state index in [2.05, 4.69) is 48.6 Å². The van der Waals surface area contributed by atoms with Crippen LogP contribution in [0.4, 0.5) is 0 Å². The van der Waals surface area contributed by atoms with Crippen LogP contribution >= 0.6 is 0 Å². The van der Waals surface area contributed by atoms with Gasteiger partial charge in [-0.2, -0.15) is 0 Å². The molecule has 2 heteroatoms. The Morgan fingerprint density at radius 1 is 0.857 bits per heavy atom. The Labute approximate surface area is 127 Å². The highest BCUT2D eigenvalue weighted by Gasteiger charge is 2.17. The zero-order chi connectivity index (χ0) is 14.9. The highest BCUT2D eigenvalue weighted by atomic mass is 16.3. The van der Waals surface area contributed by atoms with Gasteiger partial charge < -0.3 is 10.4 Å². The summed E-state index contributed by atoms with van der Waals surface area (Å²) in [6.07, 6.45) is 3.45. The van der Waals surface area contributed by atoms with E-state index in [9.17, 15) is 5.11 Å². The SMILES string of the molecule is CCCCC(N[C@H](CO)c1ccccc1)c1ccccc1. The number of hydrogen-bond donors (Lipinski definition) is 2. The van der Waals surface area contributed by atoms with Crippen molar-refractivity contribution in [1.82, 2.24) is 5.32 Å². The van der Waals surface area contributed by atoms with Gasteiger partial charge in [0.25, 0.3) is 0 Å². The fourth-order valence-electron chi connectivity index (χ4n) is 2.62. The summed E-state index contributed by atoms with van der Waals surface area (Å²) in [4.78, 5) is 0. The van der Waals surface area contributed by atoms with Crippen molar-refractivity contribution in [3.05, 3.63) is 71.8 Å². The van der Waals surface area contributed by atoms with Gasteiger partial charge in [-0.15, -0.1) is 0 Å². The summed E-state index contributed by atoms with van der Waals surface area (Å²) in [5.41, 5.74) is 2.43. The van der Waals surface area contributed by atoms with Crippen molar-refractivity contribution in [3.63, 3.8) is 0 Å². The smallest absolute Gasteiger partial charge is 0.0626 e. The molecule has 2 aromatic carbocycles. The molecule has 0 aliphatic carbocycles. The first-order chi connectivity index (χ1) is 10.3. The Morgan fingerprint density at radius 2 is 1.38 bits per heavy atom. The average molecular weight is 283 g/mol. The fourth-order valence-corrected chi connectivity index (χ4v) is 2.62. The minimum Gasteiger partial charge on any atom is -0.394 e. The van der Waals surface area contributed by atoms with Gasteiger partial charge >= 0.3 is 0 Å². The molecule has 1 unspecified atom stereocenters. The van der Waals surface area contributed by atoms with Crippen LogP contribution in [0.2, 0.25) is 0 Å². The lowest BCUT2D eigenvalue weighted by molar-refractivity contribution is 0.230. The third-order valence-electron chi connectivity index (χ3n) is 3.84. The molecule has 0 aromatic heterocycles. The first-order valence-corrected chi connectivity index (χ1v) is 7.82. The van der Waals surface area contributed by atoms with E-state index in [1.54, 1.807) is 0 Å². The van der Waals surface area contributed by atoms with Crippen LogP contribution < -0.4 is 5.32 Å².